The number of para-hydroxylation sites is 1. The number of anilines is 1. The van der Waals surface area contributed by atoms with E-state index in [0.717, 1.165) is 9.78 Å². The molecule has 1 aromatic carbocycles. The van der Waals surface area contributed by atoms with Crippen LogP contribution in [0.3, 0.4) is 0 Å². The van der Waals surface area contributed by atoms with Crippen LogP contribution in [0.4, 0.5) is 9.80 Å². The second kappa shape index (κ2) is 8.86. The third-order valence-corrected chi connectivity index (χ3v) is 6.98. The molecule has 0 aliphatic carbocycles. The summed E-state index contributed by atoms with van der Waals surface area (Å²) >= 11 is 1.27. The number of hydrogen-bond acceptors (Lipinski definition) is 7. The van der Waals surface area contributed by atoms with Gasteiger partial charge in [0, 0.05) is 16.9 Å². The number of carbonyl (C=O) groups is 4. The SMILES string of the molecule is CCOC(=O)c1cc(C(C)C)sc1NC(=O)CN1C(=O)N[C@@]2(CCOc3ccccc32)C1=O. The van der Waals surface area contributed by atoms with Crippen molar-refractivity contribution in [3.05, 3.63) is 46.3 Å². The number of fused-ring (bicyclic) bond motifs is 2. The number of carbonyl (C=O) groups excluding carboxylic acids is 4. The standard InChI is InChI=1S/C23H25N3O6S/c1-4-31-20(28)14-11-17(13(2)3)33-19(14)24-18(27)12-26-21(29)23(25-22(26)30)9-10-32-16-8-6-5-7-15(16)23/h5-8,11,13H,4,9-10,12H2,1-3H3,(H,24,27)(H,25,30)/t23-/m1/s1. The maximum Gasteiger partial charge on any atom is 0.341 e. The highest BCUT2D eigenvalue weighted by Crippen LogP contribution is 2.41. The molecule has 174 valence electrons. The van der Waals surface area contributed by atoms with Crippen LogP contribution in [0.15, 0.2) is 30.3 Å². The maximum absolute atomic E-state index is 13.3. The largest absolute Gasteiger partial charge is 0.493 e. The van der Waals surface area contributed by atoms with Gasteiger partial charge in [-0.3, -0.25) is 14.5 Å². The van der Waals surface area contributed by atoms with Gasteiger partial charge in [0.25, 0.3) is 5.91 Å². The molecule has 2 aliphatic rings. The predicted octanol–water partition coefficient (Wildman–Crippen LogP) is 3.22. The second-order valence-electron chi connectivity index (χ2n) is 8.14. The van der Waals surface area contributed by atoms with E-state index in [4.69, 9.17) is 9.47 Å². The van der Waals surface area contributed by atoms with E-state index in [2.05, 4.69) is 10.6 Å². The van der Waals surface area contributed by atoms with Crippen LogP contribution in [-0.2, 0) is 19.9 Å². The van der Waals surface area contributed by atoms with Gasteiger partial charge in [-0.05, 0) is 25.0 Å². The van der Waals surface area contributed by atoms with Crippen molar-refractivity contribution >= 4 is 40.2 Å². The average Bonchev–Trinajstić information content (AvgIpc) is 3.30. The first-order chi connectivity index (χ1) is 15.8. The van der Waals surface area contributed by atoms with Crippen LogP contribution in [0.1, 0.15) is 53.9 Å². The van der Waals surface area contributed by atoms with Crippen LogP contribution in [0.5, 0.6) is 5.75 Å². The Bertz CT molecular complexity index is 1130. The number of urea groups is 1. The van der Waals surface area contributed by atoms with Crippen LogP contribution in [0.25, 0.3) is 0 Å². The summed E-state index contributed by atoms with van der Waals surface area (Å²) < 4.78 is 10.7. The number of esters is 1. The molecule has 3 heterocycles. The number of rotatable bonds is 6. The lowest BCUT2D eigenvalue weighted by molar-refractivity contribution is -0.135. The van der Waals surface area contributed by atoms with Gasteiger partial charge in [0.15, 0.2) is 5.54 Å². The molecule has 33 heavy (non-hydrogen) atoms. The van der Waals surface area contributed by atoms with Crippen LogP contribution in [0, 0.1) is 0 Å². The fraction of sp³-hybridized carbons (Fsp3) is 0.391. The van der Waals surface area contributed by atoms with Crippen molar-refractivity contribution in [3.8, 4) is 5.75 Å². The highest BCUT2D eigenvalue weighted by Gasteiger charge is 2.55. The fourth-order valence-electron chi connectivity index (χ4n) is 3.97. The lowest BCUT2D eigenvalue weighted by Gasteiger charge is -2.33. The fourth-order valence-corrected chi connectivity index (χ4v) is 5.04. The summed E-state index contributed by atoms with van der Waals surface area (Å²) in [4.78, 5) is 53.0. The van der Waals surface area contributed by atoms with Gasteiger partial charge in [0.1, 0.15) is 17.3 Å². The molecule has 2 N–H and O–H groups in total. The third kappa shape index (κ3) is 4.06. The van der Waals surface area contributed by atoms with Crippen molar-refractivity contribution in [3.63, 3.8) is 0 Å². The number of amides is 4. The van der Waals surface area contributed by atoms with E-state index in [0.29, 0.717) is 16.3 Å². The van der Waals surface area contributed by atoms with E-state index in [-0.39, 0.29) is 31.1 Å². The molecule has 1 atom stereocenters. The summed E-state index contributed by atoms with van der Waals surface area (Å²) in [5, 5.41) is 5.78. The highest BCUT2D eigenvalue weighted by molar-refractivity contribution is 7.16. The van der Waals surface area contributed by atoms with Crippen LogP contribution in [0.2, 0.25) is 0 Å². The van der Waals surface area contributed by atoms with E-state index in [9.17, 15) is 19.2 Å². The Morgan fingerprint density at radius 2 is 2.06 bits per heavy atom. The monoisotopic (exact) mass is 471 g/mol. The quantitative estimate of drug-likeness (QED) is 0.494. The molecule has 1 aromatic heterocycles. The Labute approximate surface area is 195 Å². The van der Waals surface area contributed by atoms with Crippen LogP contribution in [-0.4, -0.2) is 48.5 Å². The molecule has 1 fully saturated rings. The van der Waals surface area contributed by atoms with Gasteiger partial charge >= 0.3 is 12.0 Å². The van der Waals surface area contributed by atoms with E-state index in [1.54, 1.807) is 37.3 Å². The molecular weight excluding hydrogens is 446 g/mol. The lowest BCUT2D eigenvalue weighted by Crippen LogP contribution is -2.48. The molecule has 10 heteroatoms. The molecule has 4 rings (SSSR count). The van der Waals surface area contributed by atoms with Crippen molar-refractivity contribution < 1.29 is 28.7 Å². The maximum atomic E-state index is 13.3. The van der Waals surface area contributed by atoms with Crippen molar-refractivity contribution in [1.82, 2.24) is 10.2 Å². The zero-order valence-corrected chi connectivity index (χ0v) is 19.4. The van der Waals surface area contributed by atoms with Crippen molar-refractivity contribution in [1.29, 1.82) is 0 Å². The predicted molar refractivity (Wildman–Crippen MR) is 121 cm³/mol. The number of nitrogens with one attached hydrogen (secondary N) is 2. The zero-order valence-electron chi connectivity index (χ0n) is 18.6. The first kappa shape index (κ1) is 22.8. The zero-order chi connectivity index (χ0) is 23.8. The summed E-state index contributed by atoms with van der Waals surface area (Å²) in [6.45, 7) is 5.64. The Kier molecular flexibility index (Phi) is 6.11. The first-order valence-corrected chi connectivity index (χ1v) is 11.6. The van der Waals surface area contributed by atoms with Gasteiger partial charge in [0.05, 0.1) is 18.8 Å². The number of benzene rings is 1. The Morgan fingerprint density at radius 1 is 1.30 bits per heavy atom. The Hall–Kier alpha value is -3.40. The molecule has 4 amide bonds. The van der Waals surface area contributed by atoms with Gasteiger partial charge in [-0.2, -0.15) is 0 Å². The number of imide groups is 1. The second-order valence-corrected chi connectivity index (χ2v) is 9.22. The molecule has 0 unspecified atom stereocenters. The molecule has 9 nitrogen and oxygen atoms in total. The number of thiophene rings is 1. The van der Waals surface area contributed by atoms with Gasteiger partial charge in [0.2, 0.25) is 5.91 Å². The minimum atomic E-state index is -1.25. The van der Waals surface area contributed by atoms with Crippen LogP contribution >= 0.6 is 11.3 Å². The van der Waals surface area contributed by atoms with Gasteiger partial charge in [-0.1, -0.05) is 32.0 Å². The summed E-state index contributed by atoms with van der Waals surface area (Å²) in [6.07, 6.45) is 0.266. The molecule has 1 saturated heterocycles. The highest BCUT2D eigenvalue weighted by atomic mass is 32.1. The molecule has 0 bridgehead atoms. The summed E-state index contributed by atoms with van der Waals surface area (Å²) in [7, 11) is 0. The Balaban J connectivity index is 1.54. The number of ether oxygens (including phenoxy) is 2. The van der Waals surface area contributed by atoms with Gasteiger partial charge < -0.3 is 20.1 Å². The van der Waals surface area contributed by atoms with Crippen molar-refractivity contribution in [2.45, 2.75) is 38.6 Å². The van der Waals surface area contributed by atoms with Gasteiger partial charge in [-0.25, -0.2) is 9.59 Å². The number of nitrogens with zero attached hydrogens (tertiary/aromatic N) is 1. The molecule has 2 aliphatic heterocycles. The van der Waals surface area contributed by atoms with Crippen LogP contribution < -0.4 is 15.4 Å². The molecule has 1 spiro atoms. The summed E-state index contributed by atoms with van der Waals surface area (Å²) in [6, 6.07) is 8.09. The van der Waals surface area contributed by atoms with Gasteiger partial charge in [-0.15, -0.1) is 11.3 Å². The summed E-state index contributed by atoms with van der Waals surface area (Å²) in [5.41, 5.74) is -0.427. The Morgan fingerprint density at radius 3 is 2.79 bits per heavy atom. The topological polar surface area (TPSA) is 114 Å². The normalized spacial score (nSPS) is 19.3. The van der Waals surface area contributed by atoms with E-state index < -0.39 is 35.9 Å². The molecule has 0 radical (unpaired) electrons. The number of hydrogen-bond donors (Lipinski definition) is 2. The summed E-state index contributed by atoms with van der Waals surface area (Å²) in [5.74, 6) is -0.948. The average molecular weight is 472 g/mol. The molecule has 0 saturated carbocycles. The first-order valence-electron chi connectivity index (χ1n) is 10.7. The minimum absolute atomic E-state index is 0.146. The lowest BCUT2D eigenvalue weighted by atomic mass is 9.84. The van der Waals surface area contributed by atoms with E-state index >= 15 is 0 Å². The van der Waals surface area contributed by atoms with Crippen molar-refractivity contribution in [2.75, 3.05) is 25.1 Å². The third-order valence-electron chi connectivity index (χ3n) is 5.63. The van der Waals surface area contributed by atoms with E-state index in [1.165, 1.54) is 11.3 Å². The van der Waals surface area contributed by atoms with Crippen molar-refractivity contribution in [2.24, 2.45) is 0 Å². The minimum Gasteiger partial charge on any atom is -0.493 e. The molecular formula is C23H25N3O6S. The van der Waals surface area contributed by atoms with E-state index in [1.807, 2.05) is 13.8 Å². The molecule has 2 aromatic rings. The smallest absolute Gasteiger partial charge is 0.341 e.